The van der Waals surface area contributed by atoms with Gasteiger partial charge in [0.1, 0.15) is 6.61 Å². The van der Waals surface area contributed by atoms with E-state index in [1.807, 2.05) is 12.3 Å². The van der Waals surface area contributed by atoms with Crippen molar-refractivity contribution in [2.24, 2.45) is 0 Å². The standard InChI is InChI=1S/C13H12FNO3S/c1-2-12-15-9(7-19-12)6-18-11-4-3-8(13(16)17)5-10(11)14/h3-5,7H,2,6H2,1H3,(H,16,17). The highest BCUT2D eigenvalue weighted by Gasteiger charge is 2.10. The van der Waals surface area contributed by atoms with Crippen LogP contribution >= 0.6 is 11.3 Å². The number of ether oxygens (including phenoxy) is 1. The molecule has 1 heterocycles. The van der Waals surface area contributed by atoms with Gasteiger partial charge in [-0.1, -0.05) is 6.92 Å². The molecule has 0 saturated carbocycles. The van der Waals surface area contributed by atoms with Gasteiger partial charge in [0.05, 0.1) is 16.3 Å². The van der Waals surface area contributed by atoms with Crippen molar-refractivity contribution in [2.45, 2.75) is 20.0 Å². The van der Waals surface area contributed by atoms with Gasteiger partial charge in [0.25, 0.3) is 0 Å². The number of aromatic carboxylic acids is 1. The highest BCUT2D eigenvalue weighted by Crippen LogP contribution is 2.20. The Morgan fingerprint density at radius 1 is 1.53 bits per heavy atom. The van der Waals surface area contributed by atoms with Gasteiger partial charge in [-0.3, -0.25) is 0 Å². The molecule has 2 aromatic rings. The number of rotatable bonds is 5. The van der Waals surface area contributed by atoms with Crippen molar-refractivity contribution < 1.29 is 19.0 Å². The van der Waals surface area contributed by atoms with Gasteiger partial charge in [0.2, 0.25) is 0 Å². The molecule has 100 valence electrons. The van der Waals surface area contributed by atoms with Gasteiger partial charge in [-0.25, -0.2) is 14.2 Å². The van der Waals surface area contributed by atoms with E-state index >= 15 is 0 Å². The Hall–Kier alpha value is -1.95. The van der Waals surface area contributed by atoms with E-state index in [9.17, 15) is 9.18 Å². The van der Waals surface area contributed by atoms with Crippen LogP contribution in [0.3, 0.4) is 0 Å². The topological polar surface area (TPSA) is 59.4 Å². The summed E-state index contributed by atoms with van der Waals surface area (Å²) in [6.07, 6.45) is 0.854. The summed E-state index contributed by atoms with van der Waals surface area (Å²) in [6.45, 7) is 2.17. The summed E-state index contributed by atoms with van der Waals surface area (Å²) in [5.41, 5.74) is 0.635. The second kappa shape index (κ2) is 5.79. The van der Waals surface area contributed by atoms with E-state index in [1.54, 1.807) is 0 Å². The van der Waals surface area contributed by atoms with Crippen LogP contribution in [0.5, 0.6) is 5.75 Å². The molecule has 19 heavy (non-hydrogen) atoms. The van der Waals surface area contributed by atoms with Crippen molar-refractivity contribution in [2.75, 3.05) is 0 Å². The first-order valence-electron chi connectivity index (χ1n) is 5.69. The molecule has 0 aliphatic rings. The number of nitrogens with zero attached hydrogens (tertiary/aromatic N) is 1. The lowest BCUT2D eigenvalue weighted by molar-refractivity contribution is 0.0696. The number of hydrogen-bond acceptors (Lipinski definition) is 4. The molecule has 2 rings (SSSR count). The third-order valence-electron chi connectivity index (χ3n) is 2.46. The fourth-order valence-corrected chi connectivity index (χ4v) is 2.21. The average molecular weight is 281 g/mol. The monoisotopic (exact) mass is 281 g/mol. The maximum atomic E-state index is 13.6. The molecule has 0 spiro atoms. The van der Waals surface area contributed by atoms with Crippen molar-refractivity contribution in [1.29, 1.82) is 0 Å². The minimum atomic E-state index is -1.17. The predicted molar refractivity (Wildman–Crippen MR) is 69.2 cm³/mol. The first-order chi connectivity index (χ1) is 9.10. The molecular formula is C13H12FNO3S. The lowest BCUT2D eigenvalue weighted by Gasteiger charge is -2.06. The van der Waals surface area contributed by atoms with Gasteiger partial charge in [0.15, 0.2) is 11.6 Å². The SMILES string of the molecule is CCc1nc(COc2ccc(C(=O)O)cc2F)cs1. The third-order valence-corrected chi connectivity index (χ3v) is 3.50. The molecule has 0 saturated heterocycles. The molecule has 1 aromatic carbocycles. The second-order valence-electron chi connectivity index (χ2n) is 3.83. The smallest absolute Gasteiger partial charge is 0.335 e. The van der Waals surface area contributed by atoms with Crippen molar-refractivity contribution in [3.63, 3.8) is 0 Å². The number of carboxylic acids is 1. The van der Waals surface area contributed by atoms with Crippen LogP contribution in [-0.4, -0.2) is 16.1 Å². The van der Waals surface area contributed by atoms with Gasteiger partial charge in [-0.15, -0.1) is 11.3 Å². The molecule has 0 amide bonds. The van der Waals surface area contributed by atoms with Gasteiger partial charge >= 0.3 is 5.97 Å². The molecule has 0 atom stereocenters. The van der Waals surface area contributed by atoms with E-state index in [1.165, 1.54) is 23.5 Å². The summed E-state index contributed by atoms with van der Waals surface area (Å²) in [6, 6.07) is 3.56. The Kier molecular flexibility index (Phi) is 4.11. The first kappa shape index (κ1) is 13.5. The van der Waals surface area contributed by atoms with Crippen LogP contribution in [0.2, 0.25) is 0 Å². The second-order valence-corrected chi connectivity index (χ2v) is 4.77. The van der Waals surface area contributed by atoms with E-state index in [-0.39, 0.29) is 17.9 Å². The molecule has 0 bridgehead atoms. The molecule has 6 heteroatoms. The number of halogens is 1. The Balaban J connectivity index is 2.05. The van der Waals surface area contributed by atoms with Crippen LogP contribution < -0.4 is 4.74 Å². The first-order valence-corrected chi connectivity index (χ1v) is 6.57. The molecular weight excluding hydrogens is 269 g/mol. The zero-order valence-corrected chi connectivity index (χ0v) is 11.0. The lowest BCUT2D eigenvalue weighted by atomic mass is 10.2. The molecule has 0 aliphatic carbocycles. The number of benzene rings is 1. The fourth-order valence-electron chi connectivity index (χ4n) is 1.48. The van der Waals surface area contributed by atoms with Crippen molar-refractivity contribution in [1.82, 2.24) is 4.98 Å². The molecule has 1 aromatic heterocycles. The number of aryl methyl sites for hydroxylation is 1. The van der Waals surface area contributed by atoms with Crippen LogP contribution in [-0.2, 0) is 13.0 Å². The molecule has 0 unspecified atom stereocenters. The molecule has 1 N–H and O–H groups in total. The van der Waals surface area contributed by atoms with Gasteiger partial charge in [0, 0.05) is 5.38 Å². The maximum absolute atomic E-state index is 13.6. The number of hydrogen-bond donors (Lipinski definition) is 1. The fraction of sp³-hybridized carbons (Fsp3) is 0.231. The number of carbonyl (C=O) groups is 1. The minimum Gasteiger partial charge on any atom is -0.484 e. The summed E-state index contributed by atoms with van der Waals surface area (Å²) in [5.74, 6) is -1.83. The summed E-state index contributed by atoms with van der Waals surface area (Å²) in [4.78, 5) is 15.0. The van der Waals surface area contributed by atoms with Gasteiger partial charge in [-0.2, -0.15) is 0 Å². The van der Waals surface area contributed by atoms with E-state index in [2.05, 4.69) is 4.98 Å². The number of aromatic nitrogens is 1. The van der Waals surface area contributed by atoms with Crippen LogP contribution in [0.15, 0.2) is 23.6 Å². The van der Waals surface area contributed by atoms with Gasteiger partial charge in [-0.05, 0) is 24.6 Å². The van der Waals surface area contributed by atoms with Crippen LogP contribution in [0.4, 0.5) is 4.39 Å². The highest BCUT2D eigenvalue weighted by molar-refractivity contribution is 7.09. The Morgan fingerprint density at radius 2 is 2.32 bits per heavy atom. The van der Waals surface area contributed by atoms with Crippen LogP contribution in [0, 0.1) is 5.82 Å². The zero-order chi connectivity index (χ0) is 13.8. The zero-order valence-electron chi connectivity index (χ0n) is 10.2. The van der Waals surface area contributed by atoms with E-state index in [0.29, 0.717) is 0 Å². The minimum absolute atomic E-state index is 0.0241. The highest BCUT2D eigenvalue weighted by atomic mass is 32.1. The molecule has 0 aliphatic heterocycles. The lowest BCUT2D eigenvalue weighted by Crippen LogP contribution is -2.01. The Morgan fingerprint density at radius 3 is 2.89 bits per heavy atom. The Bertz CT molecular complexity index is 597. The van der Waals surface area contributed by atoms with Crippen molar-refractivity contribution in [3.8, 4) is 5.75 Å². The number of thiazole rings is 1. The van der Waals surface area contributed by atoms with Crippen LogP contribution in [0.1, 0.15) is 28.0 Å². The maximum Gasteiger partial charge on any atom is 0.335 e. The quantitative estimate of drug-likeness (QED) is 0.914. The Labute approximate surface area is 113 Å². The largest absolute Gasteiger partial charge is 0.484 e. The summed E-state index contributed by atoms with van der Waals surface area (Å²) in [7, 11) is 0. The summed E-state index contributed by atoms with van der Waals surface area (Å²) >= 11 is 1.53. The average Bonchev–Trinajstić information content (AvgIpc) is 2.85. The van der Waals surface area contributed by atoms with E-state index < -0.39 is 11.8 Å². The molecule has 0 radical (unpaired) electrons. The van der Waals surface area contributed by atoms with E-state index in [4.69, 9.17) is 9.84 Å². The predicted octanol–water partition coefficient (Wildman–Crippen LogP) is 3.12. The van der Waals surface area contributed by atoms with Crippen molar-refractivity contribution >= 4 is 17.3 Å². The number of carboxylic acid groups (broad SMARTS) is 1. The molecule has 0 fully saturated rings. The van der Waals surface area contributed by atoms with Gasteiger partial charge < -0.3 is 9.84 Å². The molecule has 4 nitrogen and oxygen atoms in total. The normalized spacial score (nSPS) is 10.4. The van der Waals surface area contributed by atoms with Crippen molar-refractivity contribution in [3.05, 3.63) is 45.7 Å². The van der Waals surface area contributed by atoms with E-state index in [0.717, 1.165) is 23.2 Å². The third kappa shape index (κ3) is 3.29. The summed E-state index contributed by atoms with van der Waals surface area (Å²) in [5, 5.41) is 11.6. The van der Waals surface area contributed by atoms with Crippen LogP contribution in [0.25, 0.3) is 0 Å². The summed E-state index contributed by atoms with van der Waals surface area (Å²) < 4.78 is 18.9.